The molecule has 0 aromatic heterocycles. The fourth-order valence-electron chi connectivity index (χ4n) is 0.766. The van der Waals surface area contributed by atoms with Crippen molar-refractivity contribution in [3.8, 4) is 0 Å². The van der Waals surface area contributed by atoms with Crippen LogP contribution in [0.1, 0.15) is 5.56 Å². The highest BCUT2D eigenvalue weighted by Crippen LogP contribution is 2.25. The van der Waals surface area contributed by atoms with Gasteiger partial charge in [-0.05, 0) is 28.1 Å². The number of nitrogens with zero attached hydrogens (tertiary/aromatic N) is 1. The fraction of sp³-hybridized carbons (Fsp3) is 0. The minimum Gasteiger partial charge on any atom is -0.410 e. The molecule has 0 atom stereocenters. The Morgan fingerprint density at radius 3 is 2.46 bits per heavy atom. The van der Waals surface area contributed by atoms with Crippen LogP contribution in [0, 0.1) is 11.6 Å². The van der Waals surface area contributed by atoms with E-state index in [2.05, 4.69) is 21.1 Å². The predicted molar refractivity (Wildman–Crippen MR) is 48.2 cm³/mol. The van der Waals surface area contributed by atoms with Crippen LogP contribution in [0.4, 0.5) is 8.78 Å². The number of halogens is 4. The van der Waals surface area contributed by atoms with Crippen LogP contribution in [0.15, 0.2) is 21.8 Å². The maximum Gasteiger partial charge on any atom is 0.179 e. The van der Waals surface area contributed by atoms with Crippen LogP contribution < -0.4 is 0 Å². The molecular weight excluding hydrogens is 267 g/mol. The predicted octanol–water partition coefficient (Wildman–Crippen LogP) is 3.10. The summed E-state index contributed by atoms with van der Waals surface area (Å²) in [5.74, 6) is -1.45. The first-order valence-electron chi connectivity index (χ1n) is 3.09. The minimum atomic E-state index is -0.768. The number of rotatable bonds is 1. The second-order valence-electron chi connectivity index (χ2n) is 2.11. The molecule has 1 rings (SSSR count). The standard InChI is InChI=1S/C7H3BrClF2NO/c8-6-4(11)2-1-3(10)5(6)7(9)12-13/h1-2,13H. The molecule has 0 aliphatic carbocycles. The summed E-state index contributed by atoms with van der Waals surface area (Å²) in [6.45, 7) is 0. The quantitative estimate of drug-likeness (QED) is 0.362. The second-order valence-corrected chi connectivity index (χ2v) is 3.26. The van der Waals surface area contributed by atoms with E-state index in [9.17, 15) is 8.78 Å². The molecule has 0 spiro atoms. The molecule has 13 heavy (non-hydrogen) atoms. The normalized spacial score (nSPS) is 11.8. The lowest BCUT2D eigenvalue weighted by Crippen LogP contribution is -1.99. The highest BCUT2D eigenvalue weighted by Gasteiger charge is 2.15. The minimum absolute atomic E-state index is 0.171. The van der Waals surface area contributed by atoms with Crippen molar-refractivity contribution in [1.29, 1.82) is 0 Å². The molecule has 1 aromatic rings. The third-order valence-corrected chi connectivity index (χ3v) is 2.38. The first-order chi connectivity index (χ1) is 6.07. The van der Waals surface area contributed by atoms with Crippen molar-refractivity contribution >= 4 is 32.7 Å². The highest BCUT2D eigenvalue weighted by atomic mass is 79.9. The SMILES string of the molecule is ON=C(Cl)c1c(F)ccc(F)c1Br. The topological polar surface area (TPSA) is 32.6 Å². The molecule has 0 radical (unpaired) electrons. The van der Waals surface area contributed by atoms with Gasteiger partial charge in [0, 0.05) is 0 Å². The summed E-state index contributed by atoms with van der Waals surface area (Å²) < 4.78 is 25.7. The van der Waals surface area contributed by atoms with Crippen molar-refractivity contribution in [2.45, 2.75) is 0 Å². The lowest BCUT2D eigenvalue weighted by molar-refractivity contribution is 0.320. The van der Waals surface area contributed by atoms with E-state index in [0.717, 1.165) is 12.1 Å². The van der Waals surface area contributed by atoms with Crippen LogP contribution >= 0.6 is 27.5 Å². The van der Waals surface area contributed by atoms with E-state index in [4.69, 9.17) is 16.8 Å². The van der Waals surface area contributed by atoms with Crippen LogP contribution in [0.25, 0.3) is 0 Å². The van der Waals surface area contributed by atoms with Gasteiger partial charge >= 0.3 is 0 Å². The van der Waals surface area contributed by atoms with Gasteiger partial charge in [-0.3, -0.25) is 0 Å². The third kappa shape index (κ3) is 1.97. The Morgan fingerprint density at radius 2 is 1.92 bits per heavy atom. The monoisotopic (exact) mass is 269 g/mol. The molecule has 0 fully saturated rings. The Bertz CT molecular complexity index is 370. The van der Waals surface area contributed by atoms with Crippen LogP contribution in [-0.4, -0.2) is 10.4 Å². The van der Waals surface area contributed by atoms with Gasteiger partial charge in [-0.2, -0.15) is 0 Å². The summed E-state index contributed by atoms with van der Waals surface area (Å²) in [4.78, 5) is 0. The van der Waals surface area contributed by atoms with Crippen LogP contribution in [-0.2, 0) is 0 Å². The second kappa shape index (κ2) is 4.02. The van der Waals surface area contributed by atoms with E-state index < -0.39 is 16.8 Å². The number of hydrogen-bond acceptors (Lipinski definition) is 2. The molecule has 0 saturated carbocycles. The summed E-state index contributed by atoms with van der Waals surface area (Å²) in [6, 6.07) is 1.83. The molecule has 70 valence electrons. The third-order valence-electron chi connectivity index (χ3n) is 1.34. The fourth-order valence-corrected chi connectivity index (χ4v) is 1.57. The van der Waals surface area contributed by atoms with Gasteiger partial charge in [-0.1, -0.05) is 16.8 Å². The van der Waals surface area contributed by atoms with E-state index in [-0.39, 0.29) is 10.0 Å². The first kappa shape index (κ1) is 10.4. The summed E-state index contributed by atoms with van der Waals surface area (Å²) in [5.41, 5.74) is -0.302. The van der Waals surface area contributed by atoms with Gasteiger partial charge in [0.05, 0.1) is 10.0 Å². The van der Waals surface area contributed by atoms with Gasteiger partial charge in [0.15, 0.2) is 5.17 Å². The van der Waals surface area contributed by atoms with Crippen LogP contribution in [0.3, 0.4) is 0 Å². The summed E-state index contributed by atoms with van der Waals surface area (Å²) in [6.07, 6.45) is 0. The smallest absolute Gasteiger partial charge is 0.179 e. The molecule has 0 bridgehead atoms. The van der Waals surface area contributed by atoms with Gasteiger partial charge in [0.1, 0.15) is 11.6 Å². The zero-order valence-corrected chi connectivity index (χ0v) is 8.40. The first-order valence-corrected chi connectivity index (χ1v) is 4.26. The Hall–Kier alpha value is -0.680. The van der Waals surface area contributed by atoms with Crippen molar-refractivity contribution in [2.24, 2.45) is 5.16 Å². The van der Waals surface area contributed by atoms with Crippen molar-refractivity contribution < 1.29 is 14.0 Å². The van der Waals surface area contributed by atoms with Crippen LogP contribution in [0.5, 0.6) is 0 Å². The number of oxime groups is 1. The lowest BCUT2D eigenvalue weighted by atomic mass is 10.2. The summed E-state index contributed by atoms with van der Waals surface area (Å²) in [5, 5.41) is 10.3. The van der Waals surface area contributed by atoms with Crippen molar-refractivity contribution in [1.82, 2.24) is 0 Å². The molecular formula is C7H3BrClF2NO. The molecule has 0 aliphatic heterocycles. The summed E-state index contributed by atoms with van der Waals surface area (Å²) >= 11 is 8.12. The lowest BCUT2D eigenvalue weighted by Gasteiger charge is -2.02. The van der Waals surface area contributed by atoms with Gasteiger partial charge in [-0.25, -0.2) is 8.78 Å². The van der Waals surface area contributed by atoms with E-state index >= 15 is 0 Å². The molecule has 0 unspecified atom stereocenters. The average Bonchev–Trinajstić information content (AvgIpc) is 2.12. The van der Waals surface area contributed by atoms with Crippen molar-refractivity contribution in [2.75, 3.05) is 0 Å². The van der Waals surface area contributed by atoms with Gasteiger partial charge < -0.3 is 5.21 Å². The zero-order valence-electron chi connectivity index (χ0n) is 6.06. The maximum atomic E-state index is 13.0. The molecule has 2 nitrogen and oxygen atoms in total. The molecule has 6 heteroatoms. The maximum absolute atomic E-state index is 13.0. The number of benzene rings is 1. The van der Waals surface area contributed by atoms with Crippen molar-refractivity contribution in [3.63, 3.8) is 0 Å². The molecule has 0 saturated heterocycles. The van der Waals surface area contributed by atoms with Crippen LogP contribution in [0.2, 0.25) is 0 Å². The van der Waals surface area contributed by atoms with E-state index in [0.29, 0.717) is 0 Å². The Labute approximate surface area is 85.9 Å². The van der Waals surface area contributed by atoms with Gasteiger partial charge in [0.2, 0.25) is 0 Å². The van der Waals surface area contributed by atoms with Gasteiger partial charge in [0.25, 0.3) is 0 Å². The highest BCUT2D eigenvalue weighted by molar-refractivity contribution is 9.10. The molecule has 1 aromatic carbocycles. The van der Waals surface area contributed by atoms with Gasteiger partial charge in [-0.15, -0.1) is 0 Å². The Morgan fingerprint density at radius 1 is 1.38 bits per heavy atom. The molecule has 0 aliphatic rings. The Kier molecular flexibility index (Phi) is 3.22. The molecule has 1 N–H and O–H groups in total. The molecule has 0 amide bonds. The van der Waals surface area contributed by atoms with E-state index in [1.54, 1.807) is 0 Å². The largest absolute Gasteiger partial charge is 0.410 e. The van der Waals surface area contributed by atoms with E-state index in [1.807, 2.05) is 0 Å². The molecule has 0 heterocycles. The average molecular weight is 270 g/mol. The van der Waals surface area contributed by atoms with E-state index in [1.165, 1.54) is 0 Å². The zero-order chi connectivity index (χ0) is 10.0. The number of hydrogen-bond donors (Lipinski definition) is 1. The van der Waals surface area contributed by atoms with Crippen molar-refractivity contribution in [3.05, 3.63) is 33.8 Å². The summed E-state index contributed by atoms with van der Waals surface area (Å²) in [7, 11) is 0. The Balaban J connectivity index is 3.42.